The van der Waals surface area contributed by atoms with E-state index in [2.05, 4.69) is 5.43 Å². The van der Waals surface area contributed by atoms with Crippen LogP contribution in [0.25, 0.3) is 0 Å². The number of nitrogens with one attached hydrogen (secondary N) is 1. The number of amides is 1. The third-order valence-electron chi connectivity index (χ3n) is 2.68. The number of nitrogen functional groups attached to an aromatic ring is 2. The van der Waals surface area contributed by atoms with Crippen molar-refractivity contribution in [2.45, 2.75) is 17.6 Å². The molecule has 2 rings (SSSR count). The number of anilines is 1. The van der Waals surface area contributed by atoms with E-state index < -0.39 is 5.91 Å². The fourth-order valence-corrected chi connectivity index (χ4v) is 2.70. The topological polar surface area (TPSA) is 94.3 Å². The quantitative estimate of drug-likeness (QED) is 0.261. The summed E-state index contributed by atoms with van der Waals surface area (Å²) in [6, 6.07) is 7.52. The molecule has 1 aromatic carbocycles. The highest BCUT2D eigenvalue weighted by molar-refractivity contribution is 7.98. The monoisotopic (exact) mass is 277 g/mol. The average molecular weight is 277 g/mol. The lowest BCUT2D eigenvalue weighted by Gasteiger charge is -2.06. The molecule has 0 fully saturated rings. The Morgan fingerprint density at radius 3 is 2.95 bits per heavy atom. The van der Waals surface area contributed by atoms with Crippen LogP contribution in [-0.2, 0) is 5.75 Å². The number of rotatable bonds is 4. The fraction of sp³-hybridized carbons (Fsp3) is 0.154. The van der Waals surface area contributed by atoms with Crippen LogP contribution in [0.4, 0.5) is 5.69 Å². The molecule has 1 heterocycles. The second-order valence-electron chi connectivity index (χ2n) is 4.06. The molecule has 0 atom stereocenters. The molecule has 100 valence electrons. The van der Waals surface area contributed by atoms with Gasteiger partial charge in [-0.3, -0.25) is 10.2 Å². The van der Waals surface area contributed by atoms with E-state index in [1.807, 2.05) is 25.1 Å². The summed E-state index contributed by atoms with van der Waals surface area (Å²) in [7, 11) is 0. The average Bonchev–Trinajstić information content (AvgIpc) is 2.87. The molecule has 0 aliphatic rings. The number of furan rings is 1. The number of hydrogen-bond acceptors (Lipinski definition) is 5. The minimum atomic E-state index is -0.426. The van der Waals surface area contributed by atoms with Gasteiger partial charge in [0.05, 0.1) is 6.26 Å². The van der Waals surface area contributed by atoms with Crippen LogP contribution in [0.3, 0.4) is 0 Å². The van der Waals surface area contributed by atoms with Crippen molar-refractivity contribution in [2.24, 2.45) is 5.84 Å². The maximum absolute atomic E-state index is 11.5. The normalized spacial score (nSPS) is 10.4. The molecule has 0 radical (unpaired) electrons. The Labute approximate surface area is 115 Å². The number of carbonyl (C=O) groups is 1. The van der Waals surface area contributed by atoms with Crippen molar-refractivity contribution >= 4 is 23.4 Å². The number of aryl methyl sites for hydroxylation is 1. The van der Waals surface area contributed by atoms with Gasteiger partial charge in [0.25, 0.3) is 0 Å². The van der Waals surface area contributed by atoms with Crippen LogP contribution in [0.1, 0.15) is 21.7 Å². The number of carbonyl (C=O) groups excluding carboxylic acids is 1. The lowest BCUT2D eigenvalue weighted by Crippen LogP contribution is -2.30. The summed E-state index contributed by atoms with van der Waals surface area (Å²) < 4.78 is 5.13. The van der Waals surface area contributed by atoms with Gasteiger partial charge in [-0.05, 0) is 30.7 Å². The molecule has 5 N–H and O–H groups in total. The highest BCUT2D eigenvalue weighted by Crippen LogP contribution is 2.29. The van der Waals surface area contributed by atoms with Gasteiger partial charge in [-0.25, -0.2) is 5.84 Å². The van der Waals surface area contributed by atoms with Gasteiger partial charge in [-0.2, -0.15) is 0 Å². The molecule has 5 nitrogen and oxygen atoms in total. The van der Waals surface area contributed by atoms with Crippen molar-refractivity contribution in [1.29, 1.82) is 0 Å². The first-order valence-corrected chi connectivity index (χ1v) is 6.66. The minimum absolute atomic E-state index is 0.247. The summed E-state index contributed by atoms with van der Waals surface area (Å²) in [4.78, 5) is 12.6. The van der Waals surface area contributed by atoms with Crippen LogP contribution in [-0.4, -0.2) is 5.91 Å². The molecule has 0 saturated carbocycles. The van der Waals surface area contributed by atoms with Crippen LogP contribution in [0, 0.1) is 6.92 Å². The van der Waals surface area contributed by atoms with Crippen LogP contribution in [0.2, 0.25) is 0 Å². The van der Waals surface area contributed by atoms with Gasteiger partial charge in [0.1, 0.15) is 0 Å². The number of benzene rings is 1. The van der Waals surface area contributed by atoms with Crippen molar-refractivity contribution in [1.82, 2.24) is 5.43 Å². The van der Waals surface area contributed by atoms with Gasteiger partial charge in [-0.1, -0.05) is 6.07 Å². The van der Waals surface area contributed by atoms with E-state index in [0.717, 1.165) is 21.7 Å². The van der Waals surface area contributed by atoms with Crippen molar-refractivity contribution in [3.63, 3.8) is 0 Å². The molecular formula is C13H15N3O2S. The zero-order valence-electron chi connectivity index (χ0n) is 10.5. The van der Waals surface area contributed by atoms with Crippen molar-refractivity contribution < 1.29 is 9.21 Å². The van der Waals surface area contributed by atoms with E-state index in [0.29, 0.717) is 5.75 Å². The molecule has 1 aromatic heterocycles. The molecule has 2 aromatic rings. The summed E-state index contributed by atoms with van der Waals surface area (Å²) >= 11 is 1.60. The summed E-state index contributed by atoms with van der Waals surface area (Å²) in [5, 5.41) is 0. The highest BCUT2D eigenvalue weighted by Gasteiger charge is 2.14. The largest absolute Gasteiger partial charge is 0.459 e. The van der Waals surface area contributed by atoms with Crippen molar-refractivity contribution in [3.8, 4) is 0 Å². The Kier molecular flexibility index (Phi) is 4.13. The van der Waals surface area contributed by atoms with Crippen molar-refractivity contribution in [2.75, 3.05) is 5.73 Å². The molecule has 0 aliphatic carbocycles. The summed E-state index contributed by atoms with van der Waals surface area (Å²) in [6.45, 7) is 2.02. The number of hydrogen-bond donors (Lipinski definition) is 3. The fourth-order valence-electron chi connectivity index (χ4n) is 1.64. The van der Waals surface area contributed by atoms with Crippen LogP contribution in [0.5, 0.6) is 0 Å². The third-order valence-corrected chi connectivity index (χ3v) is 3.89. The minimum Gasteiger partial charge on any atom is -0.459 e. The van der Waals surface area contributed by atoms with Gasteiger partial charge in [0.2, 0.25) is 0 Å². The number of nitrogens with two attached hydrogens (primary N) is 2. The van der Waals surface area contributed by atoms with Gasteiger partial charge in [0, 0.05) is 21.9 Å². The first-order valence-electron chi connectivity index (χ1n) is 5.68. The van der Waals surface area contributed by atoms with Crippen LogP contribution >= 0.6 is 11.8 Å². The Hall–Kier alpha value is -1.92. The molecule has 0 aliphatic heterocycles. The molecular weight excluding hydrogens is 262 g/mol. The third kappa shape index (κ3) is 3.10. The van der Waals surface area contributed by atoms with E-state index in [-0.39, 0.29) is 5.76 Å². The van der Waals surface area contributed by atoms with Crippen molar-refractivity contribution in [3.05, 3.63) is 47.4 Å². The molecule has 0 bridgehead atoms. The predicted octanol–water partition coefficient (Wildman–Crippen LogP) is 2.07. The van der Waals surface area contributed by atoms with Gasteiger partial charge < -0.3 is 10.2 Å². The van der Waals surface area contributed by atoms with Gasteiger partial charge in [-0.15, -0.1) is 11.8 Å². The summed E-state index contributed by atoms with van der Waals surface area (Å²) in [5.74, 6) is 5.54. The Balaban J connectivity index is 2.13. The van der Waals surface area contributed by atoms with E-state index in [1.165, 1.54) is 6.26 Å². The Bertz CT molecular complexity index is 595. The molecule has 6 heteroatoms. The number of thioether (sulfide) groups is 1. The maximum atomic E-state index is 11.5. The second kappa shape index (κ2) is 5.81. The van der Waals surface area contributed by atoms with Gasteiger partial charge in [0.15, 0.2) is 5.76 Å². The smallest absolute Gasteiger partial charge is 0.301 e. The zero-order valence-corrected chi connectivity index (χ0v) is 11.3. The van der Waals surface area contributed by atoms with E-state index in [9.17, 15) is 4.79 Å². The molecule has 19 heavy (non-hydrogen) atoms. The van der Waals surface area contributed by atoms with Gasteiger partial charge >= 0.3 is 5.91 Å². The van der Waals surface area contributed by atoms with Crippen LogP contribution in [0.15, 0.2) is 39.8 Å². The first-order chi connectivity index (χ1) is 9.11. The lowest BCUT2D eigenvalue weighted by atomic mass is 10.2. The standard InChI is InChI=1S/C13H15N3O2S/c1-8-2-3-10(14)6-11(8)19-7-9-4-5-18-12(9)13(17)16-15/h2-6H,7,14-15H2,1H3,(H,16,17). The zero-order chi connectivity index (χ0) is 13.8. The van der Waals surface area contributed by atoms with Crippen LogP contribution < -0.4 is 17.0 Å². The highest BCUT2D eigenvalue weighted by atomic mass is 32.2. The molecule has 0 unspecified atom stereocenters. The molecule has 0 saturated heterocycles. The van der Waals surface area contributed by atoms with E-state index in [1.54, 1.807) is 17.8 Å². The first kappa shape index (κ1) is 13.5. The second-order valence-corrected chi connectivity index (χ2v) is 5.08. The summed E-state index contributed by atoms with van der Waals surface area (Å²) in [5.41, 5.74) is 10.5. The van der Waals surface area contributed by atoms with E-state index in [4.69, 9.17) is 16.0 Å². The SMILES string of the molecule is Cc1ccc(N)cc1SCc1ccoc1C(=O)NN. The number of hydrazine groups is 1. The molecule has 0 spiro atoms. The maximum Gasteiger partial charge on any atom is 0.301 e. The molecule has 1 amide bonds. The lowest BCUT2D eigenvalue weighted by molar-refractivity contribution is 0.0925. The predicted molar refractivity (Wildman–Crippen MR) is 75.5 cm³/mol. The summed E-state index contributed by atoms with van der Waals surface area (Å²) in [6.07, 6.45) is 1.48. The van der Waals surface area contributed by atoms with E-state index >= 15 is 0 Å². The Morgan fingerprint density at radius 2 is 2.21 bits per heavy atom. The Morgan fingerprint density at radius 1 is 1.42 bits per heavy atom.